The number of pyridine rings is 2. The summed E-state index contributed by atoms with van der Waals surface area (Å²) in [5.74, 6) is -5.97. The summed E-state index contributed by atoms with van der Waals surface area (Å²) in [4.78, 5) is 119. The van der Waals surface area contributed by atoms with E-state index in [1.807, 2.05) is 0 Å². The SMILES string of the molecule is [3H]C1CC(=O)N(CCCCCC(=O)NCC(=O)NCC(=O)N[C@@H](Cc2ccccc2)C(=O)NCC(=O)Nc2cc3cc4c(nc3cc2F)-c2cc3c(c(=O)n2C4)COC(=O)[C@]3(O)CC)C1=O. The molecule has 3 atom stereocenters. The van der Waals surface area contributed by atoms with Crippen LogP contribution in [-0.4, -0.2) is 99.1 Å². The molecule has 65 heavy (non-hydrogen) atoms. The van der Waals surface area contributed by atoms with Gasteiger partial charge in [0.05, 0.1) is 54.3 Å². The topological polar surface area (TPSA) is 264 Å². The van der Waals surface area contributed by atoms with Gasteiger partial charge in [-0.2, -0.15) is 0 Å². The summed E-state index contributed by atoms with van der Waals surface area (Å²) in [6, 6.07) is 13.2. The molecule has 19 nitrogen and oxygen atoms in total. The van der Waals surface area contributed by atoms with E-state index in [4.69, 9.17) is 6.11 Å². The number of fused-ring (bicyclic) bond motifs is 5. The van der Waals surface area contributed by atoms with Gasteiger partial charge in [-0.05, 0) is 43.0 Å². The molecule has 5 heterocycles. The third-order valence-electron chi connectivity index (χ3n) is 11.4. The van der Waals surface area contributed by atoms with Crippen LogP contribution in [-0.2, 0) is 68.3 Å². The van der Waals surface area contributed by atoms with E-state index >= 15 is 4.39 Å². The zero-order valence-electron chi connectivity index (χ0n) is 36.3. The molecule has 0 radical (unpaired) electrons. The van der Waals surface area contributed by atoms with Crippen LogP contribution in [0.5, 0.6) is 0 Å². The van der Waals surface area contributed by atoms with E-state index in [9.17, 15) is 48.3 Å². The second-order valence-electron chi connectivity index (χ2n) is 15.9. The maximum absolute atomic E-state index is 15.5. The first-order chi connectivity index (χ1) is 31.6. The molecule has 3 aliphatic rings. The third kappa shape index (κ3) is 10.2. The zero-order chi connectivity index (χ0) is 47.3. The standard InChI is InChI=1S/C45H47FN8O11/c1-2-45(64)29-18-34-41-27(23-54(34)43(62)28(29)24-65-44(45)63)16-26-17-32(30(46)19-31(26)52-41)50-38(58)22-49-42(61)33(15-25-9-5-3-6-10-25)51-37(57)21-48-36(56)20-47-35(55)11-7-4-8-14-53-39(59)12-13-40(53)60/h3,5-6,9-10,16-19,33,64H,2,4,7-8,11-15,20-24H2,1H3,(H,47,55)(H,48,56)(H,49,61)(H,50,58)(H,51,57)/t33-,45-/m0/s1/i12T/t12?,33-,45-. The number of unbranched alkanes of at least 4 members (excludes halogenated alkanes) is 2. The predicted octanol–water partition coefficient (Wildman–Crippen LogP) is 0.943. The van der Waals surface area contributed by atoms with Gasteiger partial charge in [0.25, 0.3) is 5.56 Å². The molecule has 1 fully saturated rings. The minimum Gasteiger partial charge on any atom is -0.458 e. The molecule has 340 valence electrons. The highest BCUT2D eigenvalue weighted by molar-refractivity contribution is 6.02. The average molecular weight is 897 g/mol. The molecule has 0 bridgehead atoms. The number of amides is 7. The van der Waals surface area contributed by atoms with Crippen LogP contribution in [0.3, 0.4) is 0 Å². The molecule has 0 spiro atoms. The lowest BCUT2D eigenvalue weighted by molar-refractivity contribution is -0.172. The van der Waals surface area contributed by atoms with Crippen molar-refractivity contribution in [1.29, 1.82) is 0 Å². The van der Waals surface area contributed by atoms with E-state index in [1.165, 1.54) is 10.6 Å². The smallest absolute Gasteiger partial charge is 0.343 e. The van der Waals surface area contributed by atoms with Crippen LogP contribution in [0.15, 0.2) is 59.4 Å². The predicted molar refractivity (Wildman–Crippen MR) is 229 cm³/mol. The number of nitrogens with zero attached hydrogens (tertiary/aromatic N) is 3. The number of carbonyl (C=O) groups excluding carboxylic acids is 8. The molecule has 6 N–H and O–H groups in total. The number of aliphatic hydroxyl groups is 1. The Morgan fingerprint density at radius 2 is 1.65 bits per heavy atom. The summed E-state index contributed by atoms with van der Waals surface area (Å²) in [6.07, 6.45) is 0.317. The van der Waals surface area contributed by atoms with Gasteiger partial charge in [0.2, 0.25) is 41.4 Å². The molecule has 1 saturated heterocycles. The Bertz CT molecular complexity index is 2710. The van der Waals surface area contributed by atoms with E-state index in [-0.39, 0.29) is 73.6 Å². The van der Waals surface area contributed by atoms with Crippen LogP contribution in [0.25, 0.3) is 22.3 Å². The van der Waals surface area contributed by atoms with Crippen molar-refractivity contribution < 1.29 is 54.0 Å². The molecule has 7 rings (SSSR count). The number of esters is 1. The van der Waals surface area contributed by atoms with Crippen molar-refractivity contribution in [3.8, 4) is 11.4 Å². The minimum absolute atomic E-state index is 0.0139. The number of nitrogens with one attached hydrogen (secondary N) is 5. The van der Waals surface area contributed by atoms with Crippen molar-refractivity contribution in [2.24, 2.45) is 0 Å². The van der Waals surface area contributed by atoms with Crippen LogP contribution >= 0.6 is 0 Å². The highest BCUT2D eigenvalue weighted by Gasteiger charge is 2.45. The number of halogens is 1. The number of aromatic nitrogens is 2. The lowest BCUT2D eigenvalue weighted by atomic mass is 9.86. The summed E-state index contributed by atoms with van der Waals surface area (Å²) in [5, 5.41) is 23.8. The number of ether oxygens (including phenoxy) is 1. The fourth-order valence-corrected chi connectivity index (χ4v) is 7.88. The van der Waals surface area contributed by atoms with Crippen LogP contribution < -0.4 is 32.1 Å². The Labute approximate surface area is 371 Å². The van der Waals surface area contributed by atoms with Crippen LogP contribution in [0.4, 0.5) is 10.1 Å². The zero-order valence-corrected chi connectivity index (χ0v) is 35.3. The van der Waals surface area contributed by atoms with Gasteiger partial charge in [0, 0.05) is 56.2 Å². The van der Waals surface area contributed by atoms with Crippen molar-refractivity contribution in [3.63, 3.8) is 0 Å². The van der Waals surface area contributed by atoms with Crippen LogP contribution in [0.2, 0.25) is 0 Å². The summed E-state index contributed by atoms with van der Waals surface area (Å²) in [5.41, 5.74) is -0.210. The second kappa shape index (κ2) is 19.6. The molecule has 4 aromatic rings. The van der Waals surface area contributed by atoms with Crippen molar-refractivity contribution in [2.75, 3.05) is 31.5 Å². The lowest BCUT2D eigenvalue weighted by Gasteiger charge is -2.31. The van der Waals surface area contributed by atoms with Crippen LogP contribution in [0, 0.1) is 5.82 Å². The average Bonchev–Trinajstić information content (AvgIpc) is 3.77. The Hall–Kier alpha value is -7.35. The summed E-state index contributed by atoms with van der Waals surface area (Å²) in [7, 11) is 0. The number of cyclic esters (lactones) is 1. The number of imide groups is 1. The number of benzene rings is 2. The summed E-state index contributed by atoms with van der Waals surface area (Å²) in [6.45, 7) is 0.0119. The number of likely N-dealkylation sites (tertiary alicyclic amines) is 1. The van der Waals surface area contributed by atoms with Crippen molar-refractivity contribution in [1.82, 2.24) is 35.7 Å². The van der Waals surface area contributed by atoms with Gasteiger partial charge in [-0.1, -0.05) is 43.7 Å². The number of anilines is 1. The Morgan fingerprint density at radius 1 is 0.908 bits per heavy atom. The van der Waals surface area contributed by atoms with E-state index in [1.54, 1.807) is 49.4 Å². The molecule has 0 aliphatic carbocycles. The minimum atomic E-state index is -2.01. The van der Waals surface area contributed by atoms with Gasteiger partial charge in [-0.15, -0.1) is 0 Å². The molecule has 20 heteroatoms. The van der Waals surface area contributed by atoms with Crippen molar-refractivity contribution in [3.05, 3.63) is 93.0 Å². The van der Waals surface area contributed by atoms with Gasteiger partial charge in [-0.25, -0.2) is 14.2 Å². The first-order valence-electron chi connectivity index (χ1n) is 21.6. The molecular weight excluding hydrogens is 848 g/mol. The van der Waals surface area contributed by atoms with Crippen LogP contribution in [0.1, 0.15) is 75.5 Å². The molecule has 2 aromatic carbocycles. The second-order valence-corrected chi connectivity index (χ2v) is 15.9. The van der Waals surface area contributed by atoms with Gasteiger partial charge in [0.15, 0.2) is 5.60 Å². The maximum atomic E-state index is 15.5. The largest absolute Gasteiger partial charge is 0.458 e. The summed E-state index contributed by atoms with van der Waals surface area (Å²) < 4.78 is 29.6. The van der Waals surface area contributed by atoms with Gasteiger partial charge >= 0.3 is 5.97 Å². The van der Waals surface area contributed by atoms with Gasteiger partial charge < -0.3 is 41.0 Å². The lowest BCUT2D eigenvalue weighted by Crippen LogP contribution is -2.52. The van der Waals surface area contributed by atoms with Crippen molar-refractivity contribution >= 4 is 63.9 Å². The number of hydrogen-bond acceptors (Lipinski definition) is 12. The molecule has 7 amide bonds. The first kappa shape index (κ1) is 44.3. The van der Waals surface area contributed by atoms with E-state index in [2.05, 4.69) is 31.6 Å². The summed E-state index contributed by atoms with van der Waals surface area (Å²) >= 11 is 0. The number of carbonyl (C=O) groups is 8. The molecule has 2 aromatic heterocycles. The Morgan fingerprint density at radius 3 is 2.38 bits per heavy atom. The first-order valence-corrected chi connectivity index (χ1v) is 21.1. The van der Waals surface area contributed by atoms with Gasteiger partial charge in [-0.3, -0.25) is 43.3 Å². The fraction of sp³-hybridized carbons (Fsp3) is 0.378. The Balaban J connectivity index is 0.901. The molecule has 0 saturated carbocycles. The highest BCUT2D eigenvalue weighted by Crippen LogP contribution is 2.39. The molecule has 1 unspecified atom stereocenters. The van der Waals surface area contributed by atoms with E-state index in [0.717, 1.165) is 11.0 Å². The molecule has 3 aliphatic heterocycles. The monoisotopic (exact) mass is 896 g/mol. The van der Waals surface area contributed by atoms with E-state index in [0.29, 0.717) is 47.2 Å². The third-order valence-corrected chi connectivity index (χ3v) is 11.4. The normalized spacial score (nSPS) is 17.9. The van der Waals surface area contributed by atoms with Crippen molar-refractivity contribution in [2.45, 2.75) is 83.1 Å². The van der Waals surface area contributed by atoms with Gasteiger partial charge in [0.1, 0.15) is 18.5 Å². The Kier molecular flexibility index (Phi) is 13.3. The fourth-order valence-electron chi connectivity index (χ4n) is 7.88. The highest BCUT2D eigenvalue weighted by atomic mass is 19.1. The quantitative estimate of drug-likeness (QED) is 0.0408. The molecular formula is C45H47FN8O11. The number of rotatable bonds is 18. The number of hydrogen-bond donors (Lipinski definition) is 6. The van der Waals surface area contributed by atoms with E-state index < -0.39 is 90.5 Å². The maximum Gasteiger partial charge on any atom is 0.343 e.